The average molecular weight is 271 g/mol. The monoisotopic (exact) mass is 271 g/mol. The summed E-state index contributed by atoms with van der Waals surface area (Å²) in [6.45, 7) is 6.77. The lowest BCUT2D eigenvalue weighted by molar-refractivity contribution is 0.375. The summed E-state index contributed by atoms with van der Waals surface area (Å²) in [5, 5.41) is 3.16. The number of hydrogen-bond acceptors (Lipinski definition) is 2. The minimum absolute atomic E-state index is 0.114. The molecule has 2 unspecified atom stereocenters. The molecule has 2 nitrogen and oxygen atoms in total. The van der Waals surface area contributed by atoms with Crippen molar-refractivity contribution in [2.24, 2.45) is 5.92 Å². The van der Waals surface area contributed by atoms with Crippen LogP contribution in [0.4, 0.5) is 8.78 Å². The zero-order valence-corrected chi connectivity index (χ0v) is 12.1. The molecule has 1 rings (SSSR count). The van der Waals surface area contributed by atoms with E-state index in [9.17, 15) is 8.78 Å². The van der Waals surface area contributed by atoms with Crippen molar-refractivity contribution in [3.05, 3.63) is 29.3 Å². The lowest BCUT2D eigenvalue weighted by atomic mass is 9.93. The van der Waals surface area contributed by atoms with Crippen LogP contribution in [-0.2, 0) is 0 Å². The van der Waals surface area contributed by atoms with Gasteiger partial charge in [-0.3, -0.25) is 0 Å². The topological polar surface area (TPSA) is 21.3 Å². The molecular weight excluding hydrogens is 248 g/mol. The minimum atomic E-state index is -0.550. The van der Waals surface area contributed by atoms with Gasteiger partial charge in [-0.2, -0.15) is 0 Å². The summed E-state index contributed by atoms with van der Waals surface area (Å²) in [7, 11) is 1.40. The van der Waals surface area contributed by atoms with Crippen LogP contribution in [-0.4, -0.2) is 13.7 Å². The molecule has 0 aliphatic heterocycles. The fourth-order valence-corrected chi connectivity index (χ4v) is 2.13. The highest BCUT2D eigenvalue weighted by Crippen LogP contribution is 2.30. The maximum absolute atomic E-state index is 14.1. The smallest absolute Gasteiger partial charge is 0.134 e. The number of hydrogen-bond donors (Lipinski definition) is 1. The summed E-state index contributed by atoms with van der Waals surface area (Å²) in [5.74, 6) is -0.486. The van der Waals surface area contributed by atoms with Crippen molar-refractivity contribution in [2.75, 3.05) is 13.7 Å². The lowest BCUT2D eigenvalue weighted by Gasteiger charge is -2.23. The molecule has 0 saturated carbocycles. The molecule has 0 amide bonds. The van der Waals surface area contributed by atoms with E-state index >= 15 is 0 Å². The van der Waals surface area contributed by atoms with E-state index < -0.39 is 11.6 Å². The summed E-state index contributed by atoms with van der Waals surface area (Å²) in [4.78, 5) is 0. The highest BCUT2D eigenvalue weighted by Gasteiger charge is 2.22. The summed E-state index contributed by atoms with van der Waals surface area (Å²) in [5.41, 5.74) is 0.114. The molecule has 0 radical (unpaired) electrons. The van der Waals surface area contributed by atoms with Crippen LogP contribution in [0.15, 0.2) is 12.1 Å². The van der Waals surface area contributed by atoms with E-state index in [0.29, 0.717) is 18.9 Å². The molecule has 0 aliphatic carbocycles. The Morgan fingerprint density at radius 1 is 1.21 bits per heavy atom. The minimum Gasteiger partial charge on any atom is -0.497 e. The van der Waals surface area contributed by atoms with Gasteiger partial charge in [-0.1, -0.05) is 27.2 Å². The molecule has 4 heteroatoms. The van der Waals surface area contributed by atoms with E-state index in [2.05, 4.69) is 19.2 Å². The van der Waals surface area contributed by atoms with Gasteiger partial charge in [0.1, 0.15) is 17.4 Å². The van der Waals surface area contributed by atoms with Gasteiger partial charge < -0.3 is 10.1 Å². The first-order valence-corrected chi connectivity index (χ1v) is 6.79. The Balaban J connectivity index is 3.07. The fraction of sp³-hybridized carbons (Fsp3) is 0.600. The van der Waals surface area contributed by atoms with E-state index in [1.807, 2.05) is 6.92 Å². The van der Waals surface area contributed by atoms with E-state index in [4.69, 9.17) is 4.74 Å². The van der Waals surface area contributed by atoms with Crippen molar-refractivity contribution in [2.45, 2.75) is 39.7 Å². The number of halogens is 2. The number of ether oxygens (including phenoxy) is 1. The SMILES string of the molecule is CCNC(CC(C)CC)c1c(F)cc(OC)cc1F. The predicted octanol–water partition coefficient (Wildman–Crippen LogP) is 4.06. The Kier molecular flexibility index (Phi) is 6.22. The molecule has 0 spiro atoms. The second-order valence-electron chi connectivity index (χ2n) is 4.86. The second kappa shape index (κ2) is 7.43. The van der Waals surface area contributed by atoms with Gasteiger partial charge in [0.05, 0.1) is 7.11 Å². The Bertz CT molecular complexity index is 386. The molecule has 108 valence electrons. The van der Waals surface area contributed by atoms with Crippen LogP contribution >= 0.6 is 0 Å². The van der Waals surface area contributed by atoms with Crippen molar-refractivity contribution in [1.82, 2.24) is 5.32 Å². The molecule has 0 aromatic heterocycles. The van der Waals surface area contributed by atoms with Crippen molar-refractivity contribution >= 4 is 0 Å². The number of rotatable bonds is 7. The molecule has 0 bridgehead atoms. The van der Waals surface area contributed by atoms with Gasteiger partial charge in [0, 0.05) is 23.7 Å². The molecule has 2 atom stereocenters. The van der Waals surface area contributed by atoms with E-state index in [-0.39, 0.29) is 17.4 Å². The van der Waals surface area contributed by atoms with E-state index in [1.165, 1.54) is 19.2 Å². The van der Waals surface area contributed by atoms with Gasteiger partial charge in [0.25, 0.3) is 0 Å². The van der Waals surface area contributed by atoms with Crippen LogP contribution in [0.5, 0.6) is 5.75 Å². The zero-order chi connectivity index (χ0) is 14.4. The van der Waals surface area contributed by atoms with E-state index in [0.717, 1.165) is 6.42 Å². The van der Waals surface area contributed by atoms with Crippen molar-refractivity contribution < 1.29 is 13.5 Å². The molecule has 0 fully saturated rings. The summed E-state index contributed by atoms with van der Waals surface area (Å²) in [6.07, 6.45) is 1.70. The second-order valence-corrected chi connectivity index (χ2v) is 4.86. The highest BCUT2D eigenvalue weighted by atomic mass is 19.1. The maximum atomic E-state index is 14.1. The number of nitrogens with one attached hydrogen (secondary N) is 1. The van der Waals surface area contributed by atoms with E-state index in [1.54, 1.807) is 0 Å². The first kappa shape index (κ1) is 15.9. The maximum Gasteiger partial charge on any atom is 0.134 e. The quantitative estimate of drug-likeness (QED) is 0.807. The van der Waals surface area contributed by atoms with Crippen LogP contribution in [0.3, 0.4) is 0 Å². The molecule has 19 heavy (non-hydrogen) atoms. The van der Waals surface area contributed by atoms with Crippen molar-refractivity contribution in [1.29, 1.82) is 0 Å². The molecular formula is C15H23F2NO. The highest BCUT2D eigenvalue weighted by molar-refractivity contribution is 5.32. The van der Waals surface area contributed by atoms with Gasteiger partial charge in [-0.05, 0) is 18.9 Å². The summed E-state index contributed by atoms with van der Waals surface area (Å²) < 4.78 is 33.0. The molecule has 0 aliphatic rings. The number of methoxy groups -OCH3 is 1. The first-order chi connectivity index (χ1) is 9.03. The van der Waals surface area contributed by atoms with Crippen LogP contribution in [0, 0.1) is 17.6 Å². The lowest BCUT2D eigenvalue weighted by Crippen LogP contribution is -2.25. The van der Waals surface area contributed by atoms with Crippen LogP contribution in [0.25, 0.3) is 0 Å². The summed E-state index contributed by atoms with van der Waals surface area (Å²) >= 11 is 0. The van der Waals surface area contributed by atoms with Crippen molar-refractivity contribution in [3.8, 4) is 5.75 Å². The molecule has 0 saturated heterocycles. The fourth-order valence-electron chi connectivity index (χ4n) is 2.13. The molecule has 0 heterocycles. The van der Waals surface area contributed by atoms with Crippen molar-refractivity contribution in [3.63, 3.8) is 0 Å². The Labute approximate surface area is 114 Å². The largest absolute Gasteiger partial charge is 0.497 e. The normalized spacial score (nSPS) is 14.2. The third-order valence-corrected chi connectivity index (χ3v) is 3.42. The Hall–Kier alpha value is -1.16. The third kappa shape index (κ3) is 4.16. The standard InChI is InChI=1S/C15H23F2NO/c1-5-10(3)7-14(18-6-2)15-12(16)8-11(19-4)9-13(15)17/h8-10,14,18H,5-7H2,1-4H3. The van der Waals surface area contributed by atoms with Gasteiger partial charge in [-0.25, -0.2) is 8.78 Å². The predicted molar refractivity (Wildman–Crippen MR) is 73.4 cm³/mol. The van der Waals surface area contributed by atoms with Crippen LogP contribution in [0.2, 0.25) is 0 Å². The Morgan fingerprint density at radius 3 is 2.21 bits per heavy atom. The van der Waals surface area contributed by atoms with Gasteiger partial charge >= 0.3 is 0 Å². The third-order valence-electron chi connectivity index (χ3n) is 3.42. The molecule has 1 N–H and O–H groups in total. The molecule has 1 aromatic carbocycles. The zero-order valence-electron chi connectivity index (χ0n) is 12.1. The Morgan fingerprint density at radius 2 is 1.79 bits per heavy atom. The molecule has 1 aromatic rings. The van der Waals surface area contributed by atoms with Gasteiger partial charge in [-0.15, -0.1) is 0 Å². The van der Waals surface area contributed by atoms with Gasteiger partial charge in [0.15, 0.2) is 0 Å². The number of benzene rings is 1. The van der Waals surface area contributed by atoms with Crippen LogP contribution < -0.4 is 10.1 Å². The first-order valence-electron chi connectivity index (χ1n) is 6.79. The van der Waals surface area contributed by atoms with Gasteiger partial charge in [0.2, 0.25) is 0 Å². The average Bonchev–Trinajstić information content (AvgIpc) is 2.37. The summed E-state index contributed by atoms with van der Waals surface area (Å²) in [6, 6.07) is 2.17. The van der Waals surface area contributed by atoms with Crippen LogP contribution in [0.1, 0.15) is 45.2 Å².